The maximum atomic E-state index is 13.2. The summed E-state index contributed by atoms with van der Waals surface area (Å²) < 4.78 is 7.58. The molecule has 0 saturated heterocycles. The van der Waals surface area contributed by atoms with Gasteiger partial charge in [-0.25, -0.2) is 9.97 Å². The van der Waals surface area contributed by atoms with Crippen LogP contribution in [-0.4, -0.2) is 55.9 Å². The fourth-order valence-electron chi connectivity index (χ4n) is 4.07. The van der Waals surface area contributed by atoms with Crippen LogP contribution in [0.1, 0.15) is 38.4 Å². The highest BCUT2D eigenvalue weighted by molar-refractivity contribution is 5.93. The first kappa shape index (κ1) is 21.4. The third-order valence-electron chi connectivity index (χ3n) is 5.68. The van der Waals surface area contributed by atoms with Gasteiger partial charge in [0.05, 0.1) is 19.1 Å². The summed E-state index contributed by atoms with van der Waals surface area (Å²) in [5, 5.41) is 2.86. The molecule has 1 aliphatic heterocycles. The molecule has 1 unspecified atom stereocenters. The van der Waals surface area contributed by atoms with Crippen molar-refractivity contribution in [3.05, 3.63) is 102 Å². The molecule has 5 rings (SSSR count). The fourth-order valence-corrected chi connectivity index (χ4v) is 4.07. The Morgan fingerprint density at radius 3 is 2.56 bits per heavy atom. The summed E-state index contributed by atoms with van der Waals surface area (Å²) in [5.74, 6) is 0.958. The van der Waals surface area contributed by atoms with Crippen molar-refractivity contribution in [3.8, 4) is 5.75 Å². The lowest BCUT2D eigenvalue weighted by Gasteiger charge is -2.36. The Labute approximate surface area is 196 Å². The van der Waals surface area contributed by atoms with Crippen LogP contribution < -0.4 is 10.1 Å². The molecule has 0 radical (unpaired) electrons. The Kier molecular flexibility index (Phi) is 6.07. The number of imidazole rings is 2. The van der Waals surface area contributed by atoms with Gasteiger partial charge in [0.2, 0.25) is 0 Å². The summed E-state index contributed by atoms with van der Waals surface area (Å²) in [5.41, 5.74) is 1.65. The van der Waals surface area contributed by atoms with Crippen LogP contribution in [0.25, 0.3) is 0 Å². The molecule has 172 valence electrons. The third-order valence-corrected chi connectivity index (χ3v) is 5.68. The zero-order chi connectivity index (χ0) is 23.3. The number of nitrogens with one attached hydrogen (secondary N) is 2. The predicted octanol–water partition coefficient (Wildman–Crippen LogP) is 2.66. The number of hydrogen-bond acceptors (Lipinski definition) is 5. The molecule has 2 amide bonds. The number of ether oxygens (including phenoxy) is 1. The molecule has 0 aliphatic carbocycles. The molecule has 9 nitrogen and oxygen atoms in total. The first-order chi connectivity index (χ1) is 16.7. The number of aromatic nitrogens is 4. The maximum Gasteiger partial charge on any atom is 0.272 e. The number of para-hydroxylation sites is 1. The highest BCUT2D eigenvalue weighted by Crippen LogP contribution is 2.32. The summed E-state index contributed by atoms with van der Waals surface area (Å²) in [6.45, 7) is 1.72. The molecule has 1 aliphatic rings. The third kappa shape index (κ3) is 4.40. The van der Waals surface area contributed by atoms with E-state index in [1.165, 1.54) is 12.5 Å². The second-order valence-electron chi connectivity index (χ2n) is 7.87. The monoisotopic (exact) mass is 456 g/mol. The molecular weight excluding hydrogens is 432 g/mol. The van der Waals surface area contributed by atoms with E-state index in [4.69, 9.17) is 4.74 Å². The number of hydrogen-bond donors (Lipinski definition) is 2. The van der Waals surface area contributed by atoms with E-state index in [1.807, 2.05) is 65.2 Å². The molecule has 2 aromatic heterocycles. The second kappa shape index (κ2) is 9.62. The lowest BCUT2D eigenvalue weighted by molar-refractivity contribution is 0.0653. The molecular formula is C25H24N6O3. The SMILES string of the molecule is O=C(NCCOc1ccccc1)c1cn2c(n1)C(c1ccccc1)N(C(=O)c1cnc[nH]1)CC2. The highest BCUT2D eigenvalue weighted by Gasteiger charge is 2.35. The Bertz CT molecular complexity index is 1250. The summed E-state index contributed by atoms with van der Waals surface area (Å²) in [6.07, 6.45) is 4.75. The van der Waals surface area contributed by atoms with E-state index in [9.17, 15) is 9.59 Å². The van der Waals surface area contributed by atoms with Gasteiger partial charge >= 0.3 is 0 Å². The van der Waals surface area contributed by atoms with Crippen LogP contribution in [0.3, 0.4) is 0 Å². The van der Waals surface area contributed by atoms with Crippen LogP contribution in [0, 0.1) is 0 Å². The molecule has 0 fully saturated rings. The van der Waals surface area contributed by atoms with E-state index in [0.29, 0.717) is 43.5 Å². The van der Waals surface area contributed by atoms with Crippen molar-refractivity contribution >= 4 is 11.8 Å². The molecule has 0 saturated carbocycles. The van der Waals surface area contributed by atoms with Crippen molar-refractivity contribution in [2.24, 2.45) is 0 Å². The predicted molar refractivity (Wildman–Crippen MR) is 124 cm³/mol. The molecule has 0 bridgehead atoms. The van der Waals surface area contributed by atoms with Crippen LogP contribution in [0.5, 0.6) is 5.75 Å². The van der Waals surface area contributed by atoms with Crippen molar-refractivity contribution < 1.29 is 14.3 Å². The fraction of sp³-hybridized carbons (Fsp3) is 0.200. The molecule has 9 heteroatoms. The number of fused-ring (bicyclic) bond motifs is 1. The normalized spacial score (nSPS) is 14.9. The van der Waals surface area contributed by atoms with E-state index < -0.39 is 6.04 Å². The number of H-pyrrole nitrogens is 1. The number of aromatic amines is 1. The number of carbonyl (C=O) groups excluding carboxylic acids is 2. The van der Waals surface area contributed by atoms with Crippen LogP contribution in [-0.2, 0) is 6.54 Å². The lowest BCUT2D eigenvalue weighted by Crippen LogP contribution is -2.42. The largest absolute Gasteiger partial charge is 0.492 e. The average Bonchev–Trinajstić information content (AvgIpc) is 3.57. The number of nitrogens with zero attached hydrogens (tertiary/aromatic N) is 4. The average molecular weight is 457 g/mol. The van der Waals surface area contributed by atoms with E-state index in [-0.39, 0.29) is 11.8 Å². The Hall–Kier alpha value is -4.40. The van der Waals surface area contributed by atoms with Gasteiger partial charge in [-0.05, 0) is 17.7 Å². The minimum atomic E-state index is -0.422. The van der Waals surface area contributed by atoms with E-state index in [0.717, 1.165) is 11.3 Å². The van der Waals surface area contributed by atoms with E-state index >= 15 is 0 Å². The van der Waals surface area contributed by atoms with E-state index in [2.05, 4.69) is 20.3 Å². The van der Waals surface area contributed by atoms with Crippen molar-refractivity contribution in [1.82, 2.24) is 29.7 Å². The van der Waals surface area contributed by atoms with Gasteiger partial charge < -0.3 is 24.5 Å². The van der Waals surface area contributed by atoms with Crippen molar-refractivity contribution in [2.75, 3.05) is 19.7 Å². The molecule has 0 spiro atoms. The first-order valence-electron chi connectivity index (χ1n) is 11.1. The van der Waals surface area contributed by atoms with Crippen molar-refractivity contribution in [1.29, 1.82) is 0 Å². The molecule has 2 N–H and O–H groups in total. The molecule has 34 heavy (non-hydrogen) atoms. The highest BCUT2D eigenvalue weighted by atomic mass is 16.5. The van der Waals surface area contributed by atoms with Gasteiger partial charge in [-0.15, -0.1) is 0 Å². The van der Waals surface area contributed by atoms with Crippen LogP contribution in [0.4, 0.5) is 0 Å². The second-order valence-corrected chi connectivity index (χ2v) is 7.87. The molecule has 4 aromatic rings. The Morgan fingerprint density at radius 2 is 1.82 bits per heavy atom. The van der Waals surface area contributed by atoms with Gasteiger partial charge in [-0.1, -0.05) is 48.5 Å². The van der Waals surface area contributed by atoms with Gasteiger partial charge in [0.1, 0.15) is 35.6 Å². The lowest BCUT2D eigenvalue weighted by atomic mass is 10.0. The van der Waals surface area contributed by atoms with Gasteiger partial charge in [0, 0.05) is 19.3 Å². The number of carbonyl (C=O) groups is 2. The Morgan fingerprint density at radius 1 is 1.06 bits per heavy atom. The quantitative estimate of drug-likeness (QED) is 0.416. The van der Waals surface area contributed by atoms with Gasteiger partial charge in [-0.2, -0.15) is 0 Å². The number of amides is 2. The molecule has 3 heterocycles. The van der Waals surface area contributed by atoms with Gasteiger partial charge in [0.25, 0.3) is 11.8 Å². The Balaban J connectivity index is 1.34. The molecule has 2 aromatic carbocycles. The van der Waals surface area contributed by atoms with Crippen molar-refractivity contribution in [2.45, 2.75) is 12.6 Å². The minimum Gasteiger partial charge on any atom is -0.492 e. The summed E-state index contributed by atoms with van der Waals surface area (Å²) in [6, 6.07) is 18.7. The topological polar surface area (TPSA) is 105 Å². The zero-order valence-corrected chi connectivity index (χ0v) is 18.4. The first-order valence-corrected chi connectivity index (χ1v) is 11.1. The smallest absolute Gasteiger partial charge is 0.272 e. The van der Waals surface area contributed by atoms with Gasteiger partial charge in [-0.3, -0.25) is 9.59 Å². The van der Waals surface area contributed by atoms with Crippen LogP contribution in [0.15, 0.2) is 79.4 Å². The molecule has 1 atom stereocenters. The summed E-state index contributed by atoms with van der Waals surface area (Å²) >= 11 is 0. The zero-order valence-electron chi connectivity index (χ0n) is 18.4. The number of rotatable bonds is 7. The maximum absolute atomic E-state index is 13.2. The minimum absolute atomic E-state index is 0.162. The number of benzene rings is 2. The van der Waals surface area contributed by atoms with Gasteiger partial charge in [0.15, 0.2) is 0 Å². The van der Waals surface area contributed by atoms with Crippen molar-refractivity contribution in [3.63, 3.8) is 0 Å². The van der Waals surface area contributed by atoms with Crippen LogP contribution >= 0.6 is 0 Å². The van der Waals surface area contributed by atoms with E-state index in [1.54, 1.807) is 11.1 Å². The summed E-state index contributed by atoms with van der Waals surface area (Å²) in [4.78, 5) is 39.3. The standard InChI is InChI=1S/C25H24N6O3/c32-24(27-11-14-34-19-9-5-2-6-10-19)21-16-30-12-13-31(25(33)20-15-26-17-28-20)22(23(30)29-21)18-7-3-1-4-8-18/h1-10,15-17,22H,11-14H2,(H,26,28)(H,27,32). The van der Waals surface area contributed by atoms with Crippen LogP contribution in [0.2, 0.25) is 0 Å². The summed E-state index contributed by atoms with van der Waals surface area (Å²) in [7, 11) is 0.